The van der Waals surface area contributed by atoms with Crippen LogP contribution in [0.2, 0.25) is 0 Å². The summed E-state index contributed by atoms with van der Waals surface area (Å²) >= 11 is 0. The lowest BCUT2D eigenvalue weighted by molar-refractivity contribution is -0.154. The van der Waals surface area contributed by atoms with E-state index in [0.717, 1.165) is 25.9 Å². The van der Waals surface area contributed by atoms with Crippen molar-refractivity contribution in [3.05, 3.63) is 0 Å². The van der Waals surface area contributed by atoms with Gasteiger partial charge in [-0.3, -0.25) is 9.69 Å². The standard InChI is InChI=1S/C18H32N2O4/c1-7-23-16(21)14-8-15(9-14)19-10-12(2)20(13(3)11-19)17(22)24-18(4,5)6/h12-15H,7-11H2,1-6H3/t12-,13+,14?,15?. The fraction of sp³-hybridized carbons (Fsp3) is 0.889. The molecule has 1 aliphatic carbocycles. The molecule has 2 atom stereocenters. The first-order valence-corrected chi connectivity index (χ1v) is 9.04. The van der Waals surface area contributed by atoms with Gasteiger partial charge in [0.1, 0.15) is 5.60 Å². The van der Waals surface area contributed by atoms with Crippen LogP contribution in [0, 0.1) is 5.92 Å². The van der Waals surface area contributed by atoms with Crippen molar-refractivity contribution in [2.45, 2.75) is 78.1 Å². The number of carbonyl (C=O) groups is 2. The van der Waals surface area contributed by atoms with Crippen molar-refractivity contribution >= 4 is 12.1 Å². The van der Waals surface area contributed by atoms with Gasteiger partial charge in [-0.2, -0.15) is 0 Å². The third-order valence-electron chi connectivity index (χ3n) is 4.80. The summed E-state index contributed by atoms with van der Waals surface area (Å²) in [5.41, 5.74) is -0.478. The molecule has 0 radical (unpaired) electrons. The van der Waals surface area contributed by atoms with Crippen LogP contribution in [-0.2, 0) is 14.3 Å². The summed E-state index contributed by atoms with van der Waals surface area (Å²) in [4.78, 5) is 28.4. The molecule has 0 aromatic rings. The number of amides is 1. The van der Waals surface area contributed by atoms with Gasteiger partial charge in [0, 0.05) is 31.2 Å². The van der Waals surface area contributed by atoms with Crippen LogP contribution < -0.4 is 0 Å². The monoisotopic (exact) mass is 340 g/mol. The van der Waals surface area contributed by atoms with Crippen molar-refractivity contribution < 1.29 is 19.1 Å². The van der Waals surface area contributed by atoms with Crippen LogP contribution in [0.5, 0.6) is 0 Å². The Balaban J connectivity index is 1.88. The van der Waals surface area contributed by atoms with Crippen molar-refractivity contribution in [1.82, 2.24) is 9.80 Å². The van der Waals surface area contributed by atoms with Gasteiger partial charge >= 0.3 is 12.1 Å². The maximum atomic E-state index is 12.4. The van der Waals surface area contributed by atoms with Gasteiger partial charge in [0.25, 0.3) is 0 Å². The highest BCUT2D eigenvalue weighted by atomic mass is 16.6. The number of piperazine rings is 1. The summed E-state index contributed by atoms with van der Waals surface area (Å²) in [5.74, 6) is -0.0216. The fourth-order valence-electron chi connectivity index (χ4n) is 3.67. The zero-order valence-electron chi connectivity index (χ0n) is 15.9. The molecule has 6 heteroatoms. The molecule has 1 amide bonds. The van der Waals surface area contributed by atoms with Crippen LogP contribution >= 0.6 is 0 Å². The highest BCUT2D eigenvalue weighted by Gasteiger charge is 2.43. The van der Waals surface area contributed by atoms with Crippen LogP contribution in [0.25, 0.3) is 0 Å². The van der Waals surface area contributed by atoms with E-state index in [-0.39, 0.29) is 30.1 Å². The minimum absolute atomic E-state index is 0.0458. The predicted molar refractivity (Wildman–Crippen MR) is 91.7 cm³/mol. The van der Waals surface area contributed by atoms with Crippen molar-refractivity contribution in [3.63, 3.8) is 0 Å². The Morgan fingerprint density at radius 3 is 2.08 bits per heavy atom. The molecule has 138 valence electrons. The van der Waals surface area contributed by atoms with E-state index < -0.39 is 5.60 Å². The molecule has 0 spiro atoms. The molecule has 1 aliphatic heterocycles. The average Bonchev–Trinajstić information content (AvgIpc) is 2.33. The van der Waals surface area contributed by atoms with Gasteiger partial charge in [0.2, 0.25) is 0 Å². The fourth-order valence-corrected chi connectivity index (χ4v) is 3.67. The maximum Gasteiger partial charge on any atom is 0.410 e. The zero-order valence-corrected chi connectivity index (χ0v) is 15.9. The van der Waals surface area contributed by atoms with Crippen molar-refractivity contribution in [3.8, 4) is 0 Å². The minimum Gasteiger partial charge on any atom is -0.466 e. The third kappa shape index (κ3) is 4.41. The van der Waals surface area contributed by atoms with Gasteiger partial charge in [-0.05, 0) is 54.4 Å². The molecule has 2 fully saturated rings. The Labute approximate surface area is 145 Å². The number of hydrogen-bond donors (Lipinski definition) is 0. The summed E-state index contributed by atoms with van der Waals surface area (Å²) in [6, 6.07) is 0.626. The highest BCUT2D eigenvalue weighted by molar-refractivity contribution is 5.73. The number of hydrogen-bond acceptors (Lipinski definition) is 5. The predicted octanol–water partition coefficient (Wildman–Crippen LogP) is 2.66. The zero-order chi connectivity index (χ0) is 18.1. The summed E-state index contributed by atoms with van der Waals surface area (Å²) in [5, 5.41) is 0. The highest BCUT2D eigenvalue weighted by Crippen LogP contribution is 2.35. The summed E-state index contributed by atoms with van der Waals surface area (Å²) in [6.45, 7) is 13.7. The molecule has 0 aromatic carbocycles. The molecule has 1 heterocycles. The molecular formula is C18H32N2O4. The third-order valence-corrected chi connectivity index (χ3v) is 4.80. The van der Waals surface area contributed by atoms with Gasteiger partial charge in [-0.25, -0.2) is 4.79 Å². The SMILES string of the molecule is CCOC(=O)C1CC(N2C[C@@H](C)N(C(=O)OC(C)(C)C)[C@@H](C)C2)C1. The quantitative estimate of drug-likeness (QED) is 0.739. The normalized spacial score (nSPS) is 31.3. The van der Waals surface area contributed by atoms with E-state index in [1.807, 2.05) is 32.6 Å². The van der Waals surface area contributed by atoms with Gasteiger partial charge in [0.05, 0.1) is 12.5 Å². The smallest absolute Gasteiger partial charge is 0.410 e. The molecule has 2 rings (SSSR count). The number of rotatable bonds is 3. The lowest BCUT2D eigenvalue weighted by atomic mass is 9.78. The minimum atomic E-state index is -0.478. The molecule has 24 heavy (non-hydrogen) atoms. The maximum absolute atomic E-state index is 12.4. The average molecular weight is 340 g/mol. The molecule has 0 bridgehead atoms. The second-order valence-corrected chi connectivity index (χ2v) is 8.11. The van der Waals surface area contributed by atoms with Crippen LogP contribution in [0.3, 0.4) is 0 Å². The second kappa shape index (κ2) is 7.30. The van der Waals surface area contributed by atoms with E-state index >= 15 is 0 Å². The Morgan fingerprint density at radius 2 is 1.62 bits per heavy atom. The largest absolute Gasteiger partial charge is 0.466 e. The molecule has 0 aromatic heterocycles. The first-order chi connectivity index (χ1) is 11.1. The van der Waals surface area contributed by atoms with Crippen LogP contribution in [0.4, 0.5) is 4.79 Å². The van der Waals surface area contributed by atoms with Crippen LogP contribution in [0.15, 0.2) is 0 Å². The summed E-state index contributed by atoms with van der Waals surface area (Å²) < 4.78 is 10.6. The molecule has 1 saturated carbocycles. The van der Waals surface area contributed by atoms with Gasteiger partial charge in [-0.1, -0.05) is 0 Å². The van der Waals surface area contributed by atoms with E-state index in [9.17, 15) is 9.59 Å². The summed E-state index contributed by atoms with van der Waals surface area (Å²) in [7, 11) is 0. The van der Waals surface area contributed by atoms with Gasteiger partial charge in [-0.15, -0.1) is 0 Å². The van der Waals surface area contributed by atoms with E-state index in [4.69, 9.17) is 9.47 Å². The number of ether oxygens (including phenoxy) is 2. The second-order valence-electron chi connectivity index (χ2n) is 8.11. The Hall–Kier alpha value is -1.30. The molecule has 2 aliphatic rings. The van der Waals surface area contributed by atoms with E-state index in [1.54, 1.807) is 0 Å². The van der Waals surface area contributed by atoms with Crippen LogP contribution in [0.1, 0.15) is 54.4 Å². The topological polar surface area (TPSA) is 59.1 Å². The molecular weight excluding hydrogens is 308 g/mol. The van der Waals surface area contributed by atoms with Crippen molar-refractivity contribution in [1.29, 1.82) is 0 Å². The van der Waals surface area contributed by atoms with Gasteiger partial charge < -0.3 is 14.4 Å². The number of nitrogens with zero attached hydrogens (tertiary/aromatic N) is 2. The first-order valence-electron chi connectivity index (χ1n) is 9.04. The van der Waals surface area contributed by atoms with Crippen molar-refractivity contribution in [2.75, 3.05) is 19.7 Å². The van der Waals surface area contributed by atoms with Crippen molar-refractivity contribution in [2.24, 2.45) is 5.92 Å². The number of carbonyl (C=O) groups excluding carboxylic acids is 2. The molecule has 0 N–H and O–H groups in total. The Morgan fingerprint density at radius 1 is 1.08 bits per heavy atom. The Kier molecular flexibility index (Phi) is 5.78. The number of esters is 1. The van der Waals surface area contributed by atoms with E-state index in [2.05, 4.69) is 18.7 Å². The van der Waals surface area contributed by atoms with E-state index in [1.165, 1.54) is 0 Å². The molecule has 0 unspecified atom stereocenters. The van der Waals surface area contributed by atoms with E-state index in [0.29, 0.717) is 12.6 Å². The lowest BCUT2D eigenvalue weighted by Crippen LogP contribution is -2.63. The summed E-state index contributed by atoms with van der Waals surface area (Å²) in [6.07, 6.45) is 1.50. The van der Waals surface area contributed by atoms with Crippen LogP contribution in [-0.4, -0.2) is 65.3 Å². The Bertz CT molecular complexity index is 456. The molecule has 1 saturated heterocycles. The first kappa shape index (κ1) is 19.0. The molecule has 6 nitrogen and oxygen atoms in total. The lowest BCUT2D eigenvalue weighted by Gasteiger charge is -2.50. The van der Waals surface area contributed by atoms with Gasteiger partial charge in [0.15, 0.2) is 0 Å².